The molecule has 2 atom stereocenters. The number of para-hydroxylation sites is 1. The Morgan fingerprint density at radius 2 is 2.21 bits per heavy atom. The average Bonchev–Trinajstić information content (AvgIpc) is 3.07. The number of carbonyl (C=O) groups excluding carboxylic acids is 1. The second-order valence-electron chi connectivity index (χ2n) is 6.43. The van der Waals surface area contributed by atoms with Crippen LogP contribution in [0.3, 0.4) is 0 Å². The summed E-state index contributed by atoms with van der Waals surface area (Å²) >= 11 is 0. The lowest BCUT2D eigenvalue weighted by atomic mass is 10.2. The Morgan fingerprint density at radius 1 is 1.33 bits per heavy atom. The molecule has 2 aliphatic heterocycles. The standard InChI is InChI=1S/C18H20N2O4/c21-15-8-17(24-16-6-2-1-5-14(15)16)18(22)19-9-13-10-20-7-3-4-12(20)11-23-13/h1-2,5-6,8,12-13H,3-4,7,9-11H2,(H,19,22)/t12-,13-/m0/s1. The van der Waals surface area contributed by atoms with Crippen molar-refractivity contribution in [2.45, 2.75) is 25.0 Å². The number of nitrogens with zero attached hydrogens (tertiary/aromatic N) is 1. The van der Waals surface area contributed by atoms with Gasteiger partial charge in [0.25, 0.3) is 5.91 Å². The molecular formula is C18H20N2O4. The second kappa shape index (κ2) is 6.37. The van der Waals surface area contributed by atoms with E-state index in [0.717, 1.165) is 19.7 Å². The molecule has 2 fully saturated rings. The van der Waals surface area contributed by atoms with E-state index in [4.69, 9.17) is 9.15 Å². The molecule has 1 aromatic carbocycles. The van der Waals surface area contributed by atoms with Crippen molar-refractivity contribution in [2.24, 2.45) is 0 Å². The minimum atomic E-state index is -0.384. The van der Waals surface area contributed by atoms with Gasteiger partial charge in [0.1, 0.15) is 5.58 Å². The van der Waals surface area contributed by atoms with Crippen molar-refractivity contribution >= 4 is 16.9 Å². The fourth-order valence-electron chi connectivity index (χ4n) is 3.52. The molecule has 1 N–H and O–H groups in total. The summed E-state index contributed by atoms with van der Waals surface area (Å²) in [6, 6.07) is 8.70. The van der Waals surface area contributed by atoms with E-state index in [-0.39, 0.29) is 23.2 Å². The molecule has 3 heterocycles. The number of hydrogen-bond acceptors (Lipinski definition) is 5. The number of hydrogen-bond donors (Lipinski definition) is 1. The Labute approximate surface area is 139 Å². The predicted octanol–water partition coefficient (Wildman–Crippen LogP) is 1.39. The summed E-state index contributed by atoms with van der Waals surface area (Å²) in [5, 5.41) is 3.29. The van der Waals surface area contributed by atoms with Crippen LogP contribution in [0, 0.1) is 0 Å². The maximum Gasteiger partial charge on any atom is 0.287 e. The number of fused-ring (bicyclic) bond motifs is 2. The number of rotatable bonds is 3. The molecule has 0 aliphatic carbocycles. The van der Waals surface area contributed by atoms with Crippen LogP contribution >= 0.6 is 0 Å². The van der Waals surface area contributed by atoms with Crippen LogP contribution in [0.15, 0.2) is 39.5 Å². The van der Waals surface area contributed by atoms with Crippen molar-refractivity contribution < 1.29 is 13.9 Å². The number of morpholine rings is 1. The van der Waals surface area contributed by atoms with Crippen LogP contribution in [0.25, 0.3) is 11.0 Å². The molecule has 2 saturated heterocycles. The van der Waals surface area contributed by atoms with E-state index < -0.39 is 0 Å². The van der Waals surface area contributed by atoms with E-state index in [1.165, 1.54) is 18.9 Å². The zero-order valence-corrected chi connectivity index (χ0v) is 13.4. The van der Waals surface area contributed by atoms with Gasteiger partial charge in [-0.15, -0.1) is 0 Å². The van der Waals surface area contributed by atoms with Gasteiger partial charge >= 0.3 is 0 Å². The minimum absolute atomic E-state index is 0.0181. The molecule has 0 spiro atoms. The van der Waals surface area contributed by atoms with Gasteiger partial charge in [-0.25, -0.2) is 0 Å². The highest BCUT2D eigenvalue weighted by Crippen LogP contribution is 2.22. The zero-order chi connectivity index (χ0) is 16.5. The summed E-state index contributed by atoms with van der Waals surface area (Å²) in [6.07, 6.45) is 2.40. The third-order valence-electron chi connectivity index (χ3n) is 4.81. The summed E-state index contributed by atoms with van der Waals surface area (Å²) < 4.78 is 11.4. The van der Waals surface area contributed by atoms with Gasteiger partial charge in [-0.05, 0) is 31.5 Å². The van der Waals surface area contributed by atoms with Gasteiger partial charge in [0, 0.05) is 25.2 Å². The Balaban J connectivity index is 1.42. The van der Waals surface area contributed by atoms with Gasteiger partial charge in [0.2, 0.25) is 0 Å². The van der Waals surface area contributed by atoms with Gasteiger partial charge < -0.3 is 14.5 Å². The third kappa shape index (κ3) is 2.95. The van der Waals surface area contributed by atoms with E-state index in [0.29, 0.717) is 23.6 Å². The molecule has 0 unspecified atom stereocenters. The largest absolute Gasteiger partial charge is 0.451 e. The molecule has 1 amide bonds. The lowest BCUT2D eigenvalue weighted by Gasteiger charge is -2.35. The lowest BCUT2D eigenvalue weighted by molar-refractivity contribution is -0.0462. The molecular weight excluding hydrogens is 308 g/mol. The Morgan fingerprint density at radius 3 is 3.12 bits per heavy atom. The van der Waals surface area contributed by atoms with Crippen LogP contribution in [0.5, 0.6) is 0 Å². The fourth-order valence-corrected chi connectivity index (χ4v) is 3.52. The first-order valence-corrected chi connectivity index (χ1v) is 8.37. The first-order valence-electron chi connectivity index (χ1n) is 8.37. The number of carbonyl (C=O) groups is 1. The van der Waals surface area contributed by atoms with Gasteiger partial charge in [-0.1, -0.05) is 12.1 Å². The molecule has 0 bridgehead atoms. The number of benzene rings is 1. The second-order valence-corrected chi connectivity index (χ2v) is 6.43. The van der Waals surface area contributed by atoms with Gasteiger partial charge in [0.05, 0.1) is 18.1 Å². The number of amides is 1. The molecule has 6 heteroatoms. The van der Waals surface area contributed by atoms with Gasteiger partial charge in [0.15, 0.2) is 11.2 Å². The fraction of sp³-hybridized carbons (Fsp3) is 0.444. The first-order chi connectivity index (χ1) is 11.7. The van der Waals surface area contributed by atoms with Crippen LogP contribution in [0.2, 0.25) is 0 Å². The Kier molecular flexibility index (Phi) is 4.08. The molecule has 126 valence electrons. The quantitative estimate of drug-likeness (QED) is 0.922. The van der Waals surface area contributed by atoms with E-state index in [1.807, 2.05) is 0 Å². The SMILES string of the molecule is O=C(NC[C@H]1CN2CCC[C@H]2CO1)c1cc(=O)c2ccccc2o1. The molecule has 1 aromatic heterocycles. The summed E-state index contributed by atoms with van der Waals surface area (Å²) in [5.41, 5.74) is 0.208. The molecule has 24 heavy (non-hydrogen) atoms. The zero-order valence-electron chi connectivity index (χ0n) is 13.4. The van der Waals surface area contributed by atoms with E-state index >= 15 is 0 Å². The highest BCUT2D eigenvalue weighted by molar-refractivity contribution is 5.93. The topological polar surface area (TPSA) is 71.8 Å². The van der Waals surface area contributed by atoms with E-state index in [9.17, 15) is 9.59 Å². The van der Waals surface area contributed by atoms with Crippen molar-refractivity contribution in [3.8, 4) is 0 Å². The highest BCUT2D eigenvalue weighted by Gasteiger charge is 2.32. The van der Waals surface area contributed by atoms with E-state index in [2.05, 4.69) is 10.2 Å². The van der Waals surface area contributed by atoms with Crippen LogP contribution in [-0.4, -0.2) is 49.2 Å². The Bertz CT molecular complexity index is 816. The van der Waals surface area contributed by atoms with Crippen LogP contribution in [0.4, 0.5) is 0 Å². The van der Waals surface area contributed by atoms with Crippen molar-refractivity contribution in [1.29, 1.82) is 0 Å². The van der Waals surface area contributed by atoms with Crippen LogP contribution in [0.1, 0.15) is 23.4 Å². The normalized spacial score (nSPS) is 24.0. The molecule has 2 aliphatic rings. The number of ether oxygens (including phenoxy) is 1. The number of nitrogens with one attached hydrogen (secondary N) is 1. The maximum atomic E-state index is 12.3. The average molecular weight is 328 g/mol. The molecule has 0 radical (unpaired) electrons. The molecule has 0 saturated carbocycles. The van der Waals surface area contributed by atoms with Gasteiger partial charge in [-0.2, -0.15) is 0 Å². The molecule has 6 nitrogen and oxygen atoms in total. The Hall–Kier alpha value is -2.18. The lowest BCUT2D eigenvalue weighted by Crippen LogP contribution is -2.50. The van der Waals surface area contributed by atoms with E-state index in [1.54, 1.807) is 24.3 Å². The van der Waals surface area contributed by atoms with Crippen molar-refractivity contribution in [3.05, 3.63) is 46.3 Å². The molecule has 4 rings (SSSR count). The molecule has 2 aromatic rings. The summed E-state index contributed by atoms with van der Waals surface area (Å²) in [6.45, 7) is 3.09. The van der Waals surface area contributed by atoms with Crippen LogP contribution in [-0.2, 0) is 4.74 Å². The van der Waals surface area contributed by atoms with Crippen LogP contribution < -0.4 is 10.7 Å². The monoisotopic (exact) mass is 328 g/mol. The third-order valence-corrected chi connectivity index (χ3v) is 4.81. The van der Waals surface area contributed by atoms with Crippen molar-refractivity contribution in [1.82, 2.24) is 10.2 Å². The maximum absolute atomic E-state index is 12.3. The van der Waals surface area contributed by atoms with Gasteiger partial charge in [-0.3, -0.25) is 14.5 Å². The minimum Gasteiger partial charge on any atom is -0.451 e. The predicted molar refractivity (Wildman–Crippen MR) is 89.2 cm³/mol. The van der Waals surface area contributed by atoms with Crippen molar-refractivity contribution in [2.75, 3.05) is 26.2 Å². The summed E-state index contributed by atoms with van der Waals surface area (Å²) in [5.74, 6) is -0.349. The summed E-state index contributed by atoms with van der Waals surface area (Å²) in [7, 11) is 0. The summed E-state index contributed by atoms with van der Waals surface area (Å²) in [4.78, 5) is 26.8. The highest BCUT2D eigenvalue weighted by atomic mass is 16.5. The smallest absolute Gasteiger partial charge is 0.287 e. The first kappa shape index (κ1) is 15.4. The van der Waals surface area contributed by atoms with Crippen molar-refractivity contribution in [3.63, 3.8) is 0 Å².